The Hall–Kier alpha value is -1.17. The van der Waals surface area contributed by atoms with Crippen LogP contribution in [0.3, 0.4) is 0 Å². The maximum absolute atomic E-state index is 12.3. The molecule has 0 heterocycles. The third-order valence-electron chi connectivity index (χ3n) is 2.92. The van der Waals surface area contributed by atoms with Crippen molar-refractivity contribution in [2.24, 2.45) is 5.73 Å². The van der Waals surface area contributed by atoms with Crippen molar-refractivity contribution >= 4 is 35.5 Å². The van der Waals surface area contributed by atoms with Gasteiger partial charge >= 0.3 is 35.5 Å². The fourth-order valence-electron chi connectivity index (χ4n) is 2.00. The van der Waals surface area contributed by atoms with Crippen molar-refractivity contribution in [2.75, 3.05) is 13.1 Å². The average Bonchev–Trinajstić information content (AvgIpc) is 2.50. The standard InChI is InChI=1S/C16H18N2O2.Na.H/c17-11-12-18-20-16(19)15(13-7-3-1-4-8-13)14-9-5-2-6-10-14;;/h1-10,15,18H,11-12,17H2;;. The molecule has 106 valence electrons. The predicted molar refractivity (Wildman–Crippen MR) is 85.0 cm³/mol. The van der Waals surface area contributed by atoms with Gasteiger partial charge in [0.2, 0.25) is 0 Å². The first kappa shape index (κ1) is 17.9. The summed E-state index contributed by atoms with van der Waals surface area (Å²) < 4.78 is 0. The van der Waals surface area contributed by atoms with Gasteiger partial charge in [-0.3, -0.25) is 0 Å². The van der Waals surface area contributed by atoms with E-state index in [0.29, 0.717) is 13.1 Å². The monoisotopic (exact) mass is 294 g/mol. The first-order valence-electron chi connectivity index (χ1n) is 6.56. The van der Waals surface area contributed by atoms with Gasteiger partial charge in [-0.2, -0.15) is 5.48 Å². The molecule has 0 unspecified atom stereocenters. The summed E-state index contributed by atoms with van der Waals surface area (Å²) in [7, 11) is 0. The number of carbonyl (C=O) groups excluding carboxylic acids is 1. The molecule has 2 aromatic rings. The zero-order valence-electron chi connectivity index (χ0n) is 11.2. The van der Waals surface area contributed by atoms with Gasteiger partial charge in [-0.1, -0.05) is 60.7 Å². The molecule has 0 aliphatic rings. The molecule has 3 N–H and O–H groups in total. The van der Waals surface area contributed by atoms with E-state index in [1.807, 2.05) is 60.7 Å². The van der Waals surface area contributed by atoms with Gasteiger partial charge in [0.1, 0.15) is 5.92 Å². The molecule has 0 saturated heterocycles. The molecule has 2 rings (SSSR count). The van der Waals surface area contributed by atoms with E-state index in [-0.39, 0.29) is 35.5 Å². The van der Waals surface area contributed by atoms with Crippen molar-refractivity contribution in [1.29, 1.82) is 0 Å². The second kappa shape index (κ2) is 9.71. The number of hydroxylamine groups is 1. The third-order valence-corrected chi connectivity index (χ3v) is 2.92. The van der Waals surface area contributed by atoms with Gasteiger partial charge < -0.3 is 10.6 Å². The van der Waals surface area contributed by atoms with Crippen LogP contribution in [0.4, 0.5) is 0 Å². The van der Waals surface area contributed by atoms with Crippen LogP contribution in [0.5, 0.6) is 0 Å². The molecule has 21 heavy (non-hydrogen) atoms. The van der Waals surface area contributed by atoms with Gasteiger partial charge in [-0.15, -0.1) is 0 Å². The van der Waals surface area contributed by atoms with Crippen LogP contribution in [0, 0.1) is 0 Å². The summed E-state index contributed by atoms with van der Waals surface area (Å²) in [6.07, 6.45) is 0. The quantitative estimate of drug-likeness (QED) is 0.477. The van der Waals surface area contributed by atoms with E-state index < -0.39 is 5.92 Å². The number of nitrogens with one attached hydrogen (secondary N) is 1. The molecule has 0 saturated carbocycles. The van der Waals surface area contributed by atoms with Crippen LogP contribution in [0.15, 0.2) is 60.7 Å². The number of hydrogen-bond acceptors (Lipinski definition) is 4. The van der Waals surface area contributed by atoms with Crippen LogP contribution in [-0.4, -0.2) is 48.6 Å². The van der Waals surface area contributed by atoms with Gasteiger partial charge in [0, 0.05) is 13.1 Å². The molecule has 0 aliphatic heterocycles. The Morgan fingerprint density at radius 1 is 1.00 bits per heavy atom. The maximum atomic E-state index is 12.3. The Labute approximate surface area is 146 Å². The van der Waals surface area contributed by atoms with E-state index in [4.69, 9.17) is 10.6 Å². The van der Waals surface area contributed by atoms with Crippen molar-refractivity contribution < 1.29 is 9.63 Å². The van der Waals surface area contributed by atoms with Crippen LogP contribution in [0.2, 0.25) is 0 Å². The van der Waals surface area contributed by atoms with E-state index in [9.17, 15) is 4.79 Å². The molecule has 0 radical (unpaired) electrons. The number of carbonyl (C=O) groups is 1. The van der Waals surface area contributed by atoms with E-state index in [1.165, 1.54) is 0 Å². The van der Waals surface area contributed by atoms with Crippen LogP contribution in [-0.2, 0) is 9.63 Å². The van der Waals surface area contributed by atoms with Crippen LogP contribution < -0.4 is 11.2 Å². The third kappa shape index (κ3) is 5.26. The Kier molecular flexibility index (Phi) is 8.27. The van der Waals surface area contributed by atoms with Crippen molar-refractivity contribution in [3.63, 3.8) is 0 Å². The summed E-state index contributed by atoms with van der Waals surface area (Å²) in [5, 5.41) is 0. The molecule has 0 aliphatic carbocycles. The van der Waals surface area contributed by atoms with E-state index in [0.717, 1.165) is 11.1 Å². The van der Waals surface area contributed by atoms with Gasteiger partial charge in [0.05, 0.1) is 0 Å². The zero-order valence-corrected chi connectivity index (χ0v) is 11.2. The second-order valence-corrected chi connectivity index (χ2v) is 4.36. The van der Waals surface area contributed by atoms with Crippen molar-refractivity contribution in [2.45, 2.75) is 5.92 Å². The Balaban J connectivity index is 0.00000220. The molecule has 2 aromatic carbocycles. The number of rotatable bonds is 6. The molecule has 0 fully saturated rings. The minimum absolute atomic E-state index is 0. The van der Waals surface area contributed by atoms with Crippen LogP contribution in [0.25, 0.3) is 0 Å². The average molecular weight is 294 g/mol. The summed E-state index contributed by atoms with van der Waals surface area (Å²) in [5.41, 5.74) is 9.74. The molecule has 0 amide bonds. The van der Waals surface area contributed by atoms with E-state index in [2.05, 4.69) is 5.48 Å². The summed E-state index contributed by atoms with van der Waals surface area (Å²) in [5.74, 6) is -0.779. The Morgan fingerprint density at radius 3 is 1.90 bits per heavy atom. The van der Waals surface area contributed by atoms with Gasteiger partial charge in [0.15, 0.2) is 0 Å². The van der Waals surface area contributed by atoms with Crippen molar-refractivity contribution in [1.82, 2.24) is 5.48 Å². The summed E-state index contributed by atoms with van der Waals surface area (Å²) in [4.78, 5) is 17.4. The number of benzene rings is 2. The summed E-state index contributed by atoms with van der Waals surface area (Å²) in [6, 6.07) is 19.1. The topological polar surface area (TPSA) is 64.3 Å². The summed E-state index contributed by atoms with van der Waals surface area (Å²) >= 11 is 0. The van der Waals surface area contributed by atoms with Crippen LogP contribution >= 0.6 is 0 Å². The molecule has 4 nitrogen and oxygen atoms in total. The fourth-order valence-corrected chi connectivity index (χ4v) is 2.00. The summed E-state index contributed by atoms with van der Waals surface area (Å²) in [6.45, 7) is 0.844. The Morgan fingerprint density at radius 2 is 1.48 bits per heavy atom. The molecule has 0 bridgehead atoms. The van der Waals surface area contributed by atoms with E-state index in [1.54, 1.807) is 0 Å². The molecular formula is C16H19N2NaO2. The Bertz CT molecular complexity index is 495. The van der Waals surface area contributed by atoms with Crippen LogP contribution in [0.1, 0.15) is 17.0 Å². The molecule has 5 heteroatoms. The minimum atomic E-state index is -0.442. The van der Waals surface area contributed by atoms with Gasteiger partial charge in [-0.25, -0.2) is 4.79 Å². The number of hydrogen-bond donors (Lipinski definition) is 2. The fraction of sp³-hybridized carbons (Fsp3) is 0.188. The normalized spacial score (nSPS) is 10.0. The van der Waals surface area contributed by atoms with Gasteiger partial charge in [0.25, 0.3) is 0 Å². The van der Waals surface area contributed by atoms with Crippen molar-refractivity contribution in [3.05, 3.63) is 71.8 Å². The second-order valence-electron chi connectivity index (χ2n) is 4.36. The SMILES string of the molecule is NCCNOC(=O)C(c1ccccc1)c1ccccc1.[NaH]. The van der Waals surface area contributed by atoms with Gasteiger partial charge in [-0.05, 0) is 11.1 Å². The molecule has 0 spiro atoms. The number of nitrogens with two attached hydrogens (primary N) is 1. The molecular weight excluding hydrogens is 275 g/mol. The molecule has 0 atom stereocenters. The first-order valence-corrected chi connectivity index (χ1v) is 6.56. The first-order chi connectivity index (χ1) is 9.83. The predicted octanol–water partition coefficient (Wildman–Crippen LogP) is 1.18. The van der Waals surface area contributed by atoms with Crippen molar-refractivity contribution in [3.8, 4) is 0 Å². The molecule has 0 aromatic heterocycles. The van der Waals surface area contributed by atoms with E-state index >= 15 is 0 Å². The zero-order chi connectivity index (χ0) is 14.2.